The maximum Gasteiger partial charge on any atom is 0.151 e. The van der Waals surface area contributed by atoms with Crippen molar-refractivity contribution < 1.29 is 4.39 Å². The summed E-state index contributed by atoms with van der Waals surface area (Å²) in [5.41, 5.74) is 2.33. The largest absolute Gasteiger partial charge is 0.262 e. The summed E-state index contributed by atoms with van der Waals surface area (Å²) in [7, 11) is 0. The van der Waals surface area contributed by atoms with Crippen LogP contribution in [0.1, 0.15) is 5.56 Å². The van der Waals surface area contributed by atoms with Crippen LogP contribution in [0.15, 0.2) is 30.7 Å². The van der Waals surface area contributed by atoms with Crippen molar-refractivity contribution in [2.45, 2.75) is 6.92 Å². The highest BCUT2D eigenvalue weighted by Crippen LogP contribution is 2.30. The second kappa shape index (κ2) is 3.85. The molecule has 3 nitrogen and oxygen atoms in total. The van der Waals surface area contributed by atoms with E-state index < -0.39 is 0 Å². The summed E-state index contributed by atoms with van der Waals surface area (Å²) in [5.74, 6) is -0.358. The third kappa shape index (κ3) is 1.78. The molecule has 84 valence electrons. The monoisotopic (exact) mass is 245 g/mol. The molecule has 0 saturated heterocycles. The minimum atomic E-state index is -0.358. The predicted molar refractivity (Wildman–Crippen MR) is 65.3 cm³/mol. The second-order valence-electron chi connectivity index (χ2n) is 3.71. The Morgan fingerprint density at radius 3 is 3.00 bits per heavy atom. The highest BCUT2D eigenvalue weighted by atomic mass is 32.1. The first-order chi connectivity index (χ1) is 8.24. The molecule has 3 aromatic rings. The first-order valence-corrected chi connectivity index (χ1v) is 5.89. The lowest BCUT2D eigenvalue weighted by atomic mass is 10.2. The van der Waals surface area contributed by atoms with Crippen LogP contribution in [-0.4, -0.2) is 15.0 Å². The fourth-order valence-corrected chi connectivity index (χ4v) is 2.50. The molecule has 0 radical (unpaired) electrons. The zero-order chi connectivity index (χ0) is 11.8. The zero-order valence-electron chi connectivity index (χ0n) is 9.01. The highest BCUT2D eigenvalue weighted by Gasteiger charge is 2.11. The smallest absolute Gasteiger partial charge is 0.151 e. The minimum Gasteiger partial charge on any atom is -0.262 e. The van der Waals surface area contributed by atoms with Gasteiger partial charge in [0.2, 0.25) is 0 Å². The van der Waals surface area contributed by atoms with Gasteiger partial charge in [0.05, 0.1) is 6.20 Å². The first-order valence-electron chi connectivity index (χ1n) is 5.07. The van der Waals surface area contributed by atoms with E-state index in [1.807, 2.05) is 13.0 Å². The van der Waals surface area contributed by atoms with Gasteiger partial charge < -0.3 is 0 Å². The molecule has 0 fully saturated rings. The van der Waals surface area contributed by atoms with E-state index in [9.17, 15) is 4.39 Å². The van der Waals surface area contributed by atoms with E-state index in [-0.39, 0.29) is 5.82 Å². The first kappa shape index (κ1) is 10.3. The average Bonchev–Trinajstić information content (AvgIpc) is 2.72. The molecule has 0 atom stereocenters. The molecule has 0 aliphatic heterocycles. The van der Waals surface area contributed by atoms with Gasteiger partial charge in [-0.05, 0) is 24.6 Å². The fraction of sp³-hybridized carbons (Fsp3) is 0.0833. The minimum absolute atomic E-state index is 0.358. The van der Waals surface area contributed by atoms with Gasteiger partial charge in [-0.1, -0.05) is 11.3 Å². The van der Waals surface area contributed by atoms with E-state index in [0.717, 1.165) is 15.9 Å². The number of hydrogen-bond acceptors (Lipinski definition) is 4. The number of fused-ring (bicyclic) bond motifs is 1. The quantitative estimate of drug-likeness (QED) is 0.660. The standard InChI is InChI=1S/C12H8FN3S/c1-7-4-10-12(15-5-7)17-11(16-10)8-2-3-14-6-9(8)13/h2-6H,1H3. The lowest BCUT2D eigenvalue weighted by Gasteiger charge is -1.95. The van der Waals surface area contributed by atoms with Crippen LogP contribution in [0.5, 0.6) is 0 Å². The normalized spacial score (nSPS) is 10.9. The number of halogens is 1. The number of thiazole rings is 1. The summed E-state index contributed by atoms with van der Waals surface area (Å²) in [4.78, 5) is 13.2. The number of nitrogens with zero attached hydrogens (tertiary/aromatic N) is 3. The predicted octanol–water partition coefficient (Wildman–Crippen LogP) is 3.20. The molecule has 3 heterocycles. The molecule has 0 bridgehead atoms. The number of rotatable bonds is 1. The molecule has 3 aromatic heterocycles. The molecule has 17 heavy (non-hydrogen) atoms. The SMILES string of the molecule is Cc1cnc2sc(-c3ccncc3F)nc2c1. The Morgan fingerprint density at radius 1 is 1.29 bits per heavy atom. The van der Waals surface area contributed by atoms with Crippen molar-refractivity contribution in [3.63, 3.8) is 0 Å². The number of hydrogen-bond donors (Lipinski definition) is 0. The van der Waals surface area contributed by atoms with Gasteiger partial charge >= 0.3 is 0 Å². The molecule has 0 aromatic carbocycles. The average molecular weight is 245 g/mol. The van der Waals surface area contributed by atoms with Gasteiger partial charge in [0.1, 0.15) is 15.4 Å². The van der Waals surface area contributed by atoms with E-state index >= 15 is 0 Å². The molecule has 0 unspecified atom stereocenters. The molecule has 3 rings (SSSR count). The van der Waals surface area contributed by atoms with Crippen LogP contribution in [0.3, 0.4) is 0 Å². The Hall–Kier alpha value is -1.88. The van der Waals surface area contributed by atoms with Crippen molar-refractivity contribution in [3.8, 4) is 10.6 Å². The van der Waals surface area contributed by atoms with E-state index in [0.29, 0.717) is 10.6 Å². The zero-order valence-corrected chi connectivity index (χ0v) is 9.83. The van der Waals surface area contributed by atoms with Crippen LogP contribution in [0, 0.1) is 12.7 Å². The Morgan fingerprint density at radius 2 is 2.18 bits per heavy atom. The molecule has 0 spiro atoms. The molecule has 0 saturated carbocycles. The Balaban J connectivity index is 2.22. The highest BCUT2D eigenvalue weighted by molar-refractivity contribution is 7.21. The van der Waals surface area contributed by atoms with Crippen molar-refractivity contribution >= 4 is 21.7 Å². The van der Waals surface area contributed by atoms with Gasteiger partial charge in [0.15, 0.2) is 5.82 Å². The number of aromatic nitrogens is 3. The fourth-order valence-electron chi connectivity index (χ4n) is 1.59. The van der Waals surface area contributed by atoms with E-state index in [1.165, 1.54) is 17.5 Å². The summed E-state index contributed by atoms with van der Waals surface area (Å²) in [6.07, 6.45) is 4.54. The van der Waals surface area contributed by atoms with Crippen LogP contribution in [-0.2, 0) is 0 Å². The van der Waals surface area contributed by atoms with Crippen LogP contribution in [0.25, 0.3) is 20.9 Å². The number of pyridine rings is 2. The van der Waals surface area contributed by atoms with E-state index in [4.69, 9.17) is 0 Å². The summed E-state index contributed by atoms with van der Waals surface area (Å²) in [6, 6.07) is 3.57. The van der Waals surface area contributed by atoms with Gasteiger partial charge in [0.25, 0.3) is 0 Å². The van der Waals surface area contributed by atoms with E-state index in [2.05, 4.69) is 15.0 Å². The molecule has 0 aliphatic carbocycles. The van der Waals surface area contributed by atoms with Crippen LogP contribution >= 0.6 is 11.3 Å². The summed E-state index contributed by atoms with van der Waals surface area (Å²) >= 11 is 1.38. The van der Waals surface area contributed by atoms with Crippen LogP contribution < -0.4 is 0 Å². The van der Waals surface area contributed by atoms with Gasteiger partial charge in [-0.2, -0.15) is 0 Å². The van der Waals surface area contributed by atoms with Gasteiger partial charge in [-0.15, -0.1) is 0 Å². The summed E-state index contributed by atoms with van der Waals surface area (Å²) < 4.78 is 13.6. The van der Waals surface area contributed by atoms with Crippen molar-refractivity contribution in [2.24, 2.45) is 0 Å². The maximum absolute atomic E-state index is 13.6. The van der Waals surface area contributed by atoms with Crippen LogP contribution in [0.4, 0.5) is 4.39 Å². The Bertz CT molecular complexity index is 693. The second-order valence-corrected chi connectivity index (χ2v) is 4.69. The van der Waals surface area contributed by atoms with Gasteiger partial charge in [-0.3, -0.25) is 4.98 Å². The Labute approximate surface area is 101 Å². The van der Waals surface area contributed by atoms with Crippen molar-refractivity contribution in [2.75, 3.05) is 0 Å². The maximum atomic E-state index is 13.6. The number of aryl methyl sites for hydroxylation is 1. The molecule has 0 amide bonds. The molecular formula is C12H8FN3S. The van der Waals surface area contributed by atoms with Crippen molar-refractivity contribution in [1.29, 1.82) is 0 Å². The molecule has 5 heteroatoms. The Kier molecular flexibility index (Phi) is 2.33. The molecule has 0 N–H and O–H groups in total. The molecule has 0 aliphatic rings. The summed E-state index contributed by atoms with van der Waals surface area (Å²) in [6.45, 7) is 1.96. The van der Waals surface area contributed by atoms with Crippen molar-refractivity contribution in [1.82, 2.24) is 15.0 Å². The third-order valence-corrected chi connectivity index (χ3v) is 3.40. The third-order valence-electron chi connectivity index (χ3n) is 2.39. The van der Waals surface area contributed by atoms with Gasteiger partial charge in [-0.25, -0.2) is 14.4 Å². The lowest BCUT2D eigenvalue weighted by molar-refractivity contribution is 0.625. The summed E-state index contributed by atoms with van der Waals surface area (Å²) in [5, 5.41) is 0.637. The van der Waals surface area contributed by atoms with Gasteiger partial charge in [0, 0.05) is 18.0 Å². The van der Waals surface area contributed by atoms with E-state index in [1.54, 1.807) is 18.5 Å². The molecular weight excluding hydrogens is 237 g/mol. The van der Waals surface area contributed by atoms with Crippen molar-refractivity contribution in [3.05, 3.63) is 42.1 Å². The topological polar surface area (TPSA) is 38.7 Å². The van der Waals surface area contributed by atoms with Crippen LogP contribution in [0.2, 0.25) is 0 Å². The lowest BCUT2D eigenvalue weighted by Crippen LogP contribution is -1.84.